The van der Waals surface area contributed by atoms with Crippen molar-refractivity contribution in [3.8, 4) is 22.8 Å². The molecule has 0 saturated carbocycles. The predicted octanol–water partition coefficient (Wildman–Crippen LogP) is 2.19. The van der Waals surface area contributed by atoms with E-state index in [2.05, 4.69) is 10.3 Å². The van der Waals surface area contributed by atoms with Crippen LogP contribution in [0.5, 0.6) is 11.5 Å². The third-order valence-corrected chi connectivity index (χ3v) is 6.82. The standard InChI is InChI=1S/C18H21N3O5S2/c1-28(23,24)21-6-2-3-13(10-21)17(22)20-18-19-14(11-27-18)12-4-5-15-16(9-12)26-8-7-25-15/h4-5,9,11,13H,2-3,6-8,10H2,1H3,(H,19,20,22). The number of piperidine rings is 1. The van der Waals surface area contributed by atoms with E-state index in [0.29, 0.717) is 49.2 Å². The second kappa shape index (κ2) is 7.69. The molecule has 0 radical (unpaired) electrons. The molecule has 1 aromatic carbocycles. The number of hydrogen-bond acceptors (Lipinski definition) is 7. The topological polar surface area (TPSA) is 97.8 Å². The van der Waals surface area contributed by atoms with Crippen molar-refractivity contribution in [2.75, 3.05) is 37.9 Å². The molecule has 1 saturated heterocycles. The number of carbonyl (C=O) groups excluding carboxylic acids is 1. The molecule has 10 heteroatoms. The molecule has 1 atom stereocenters. The fraction of sp³-hybridized carbons (Fsp3) is 0.444. The van der Waals surface area contributed by atoms with Crippen molar-refractivity contribution in [2.45, 2.75) is 12.8 Å². The molecular formula is C18H21N3O5S2. The highest BCUT2D eigenvalue weighted by Gasteiger charge is 2.30. The first kappa shape index (κ1) is 19.2. The Bertz CT molecular complexity index is 989. The summed E-state index contributed by atoms with van der Waals surface area (Å²) in [7, 11) is -3.29. The molecule has 1 amide bonds. The average Bonchev–Trinajstić information content (AvgIpc) is 3.15. The molecule has 2 aliphatic heterocycles. The first-order valence-electron chi connectivity index (χ1n) is 9.02. The van der Waals surface area contributed by atoms with E-state index < -0.39 is 10.0 Å². The Labute approximate surface area is 167 Å². The zero-order chi connectivity index (χ0) is 19.7. The van der Waals surface area contributed by atoms with Crippen LogP contribution in [0.1, 0.15) is 12.8 Å². The summed E-state index contributed by atoms with van der Waals surface area (Å²) in [6, 6.07) is 5.63. The van der Waals surface area contributed by atoms with Gasteiger partial charge in [-0.05, 0) is 31.0 Å². The monoisotopic (exact) mass is 423 g/mol. The number of fused-ring (bicyclic) bond motifs is 1. The minimum absolute atomic E-state index is 0.198. The van der Waals surface area contributed by atoms with Gasteiger partial charge in [-0.15, -0.1) is 11.3 Å². The van der Waals surface area contributed by atoms with Crippen LogP contribution in [-0.2, 0) is 14.8 Å². The molecule has 0 bridgehead atoms. The van der Waals surface area contributed by atoms with Crippen molar-refractivity contribution < 1.29 is 22.7 Å². The molecule has 2 aromatic rings. The van der Waals surface area contributed by atoms with E-state index in [1.165, 1.54) is 21.9 Å². The maximum absolute atomic E-state index is 12.6. The van der Waals surface area contributed by atoms with Gasteiger partial charge in [0.2, 0.25) is 15.9 Å². The molecule has 1 N–H and O–H groups in total. The lowest BCUT2D eigenvalue weighted by molar-refractivity contribution is -0.120. The average molecular weight is 424 g/mol. The Hall–Kier alpha value is -2.17. The lowest BCUT2D eigenvalue weighted by atomic mass is 9.99. The van der Waals surface area contributed by atoms with Gasteiger partial charge in [-0.3, -0.25) is 4.79 Å². The number of aromatic nitrogens is 1. The molecule has 8 nitrogen and oxygen atoms in total. The summed E-state index contributed by atoms with van der Waals surface area (Å²) in [6.07, 6.45) is 2.51. The second-order valence-electron chi connectivity index (χ2n) is 6.85. The summed E-state index contributed by atoms with van der Waals surface area (Å²) >= 11 is 1.33. The van der Waals surface area contributed by atoms with Crippen LogP contribution in [0.3, 0.4) is 0 Å². The molecule has 3 heterocycles. The smallest absolute Gasteiger partial charge is 0.230 e. The van der Waals surface area contributed by atoms with Gasteiger partial charge in [-0.25, -0.2) is 17.7 Å². The molecule has 2 aliphatic rings. The maximum Gasteiger partial charge on any atom is 0.230 e. The highest BCUT2D eigenvalue weighted by atomic mass is 32.2. The highest BCUT2D eigenvalue weighted by Crippen LogP contribution is 2.35. The van der Waals surface area contributed by atoms with Crippen molar-refractivity contribution in [1.29, 1.82) is 0 Å². The fourth-order valence-corrected chi connectivity index (χ4v) is 4.97. The summed E-state index contributed by atoms with van der Waals surface area (Å²) in [6.45, 7) is 1.73. The summed E-state index contributed by atoms with van der Waals surface area (Å²) in [5.41, 5.74) is 1.61. The molecule has 4 rings (SSSR count). The van der Waals surface area contributed by atoms with Crippen LogP contribution >= 0.6 is 11.3 Å². The molecule has 28 heavy (non-hydrogen) atoms. The van der Waals surface area contributed by atoms with Gasteiger partial charge in [-0.1, -0.05) is 0 Å². The van der Waals surface area contributed by atoms with Crippen molar-refractivity contribution in [3.05, 3.63) is 23.6 Å². The molecular weight excluding hydrogens is 402 g/mol. The highest BCUT2D eigenvalue weighted by molar-refractivity contribution is 7.88. The van der Waals surface area contributed by atoms with Gasteiger partial charge in [0.1, 0.15) is 13.2 Å². The maximum atomic E-state index is 12.6. The van der Waals surface area contributed by atoms with E-state index in [-0.39, 0.29) is 18.4 Å². The van der Waals surface area contributed by atoms with Crippen molar-refractivity contribution >= 4 is 32.4 Å². The number of nitrogens with one attached hydrogen (secondary N) is 1. The van der Waals surface area contributed by atoms with Crippen molar-refractivity contribution in [3.63, 3.8) is 0 Å². The van der Waals surface area contributed by atoms with Crippen LogP contribution in [0, 0.1) is 5.92 Å². The number of amides is 1. The molecule has 0 spiro atoms. The van der Waals surface area contributed by atoms with Gasteiger partial charge >= 0.3 is 0 Å². The third-order valence-electron chi connectivity index (χ3n) is 4.80. The van der Waals surface area contributed by atoms with E-state index in [1.807, 2.05) is 23.6 Å². The largest absolute Gasteiger partial charge is 0.486 e. The van der Waals surface area contributed by atoms with Crippen LogP contribution in [0.25, 0.3) is 11.3 Å². The van der Waals surface area contributed by atoms with Crippen LogP contribution in [0.4, 0.5) is 5.13 Å². The third kappa shape index (κ3) is 4.13. The summed E-state index contributed by atoms with van der Waals surface area (Å²) in [4.78, 5) is 17.1. The number of thiazole rings is 1. The van der Waals surface area contributed by atoms with Gasteiger partial charge in [0, 0.05) is 24.0 Å². The van der Waals surface area contributed by atoms with Gasteiger partial charge in [0.15, 0.2) is 16.6 Å². The number of rotatable bonds is 4. The number of hydrogen-bond donors (Lipinski definition) is 1. The number of ether oxygens (including phenoxy) is 2. The van der Waals surface area contributed by atoms with Gasteiger partial charge in [0.25, 0.3) is 0 Å². The fourth-order valence-electron chi connectivity index (χ4n) is 3.33. The normalized spacial score (nSPS) is 20.0. The van der Waals surface area contributed by atoms with E-state index in [0.717, 1.165) is 11.3 Å². The first-order chi connectivity index (χ1) is 13.4. The lowest BCUT2D eigenvalue weighted by Crippen LogP contribution is -2.43. The number of anilines is 1. The Morgan fingerprint density at radius 2 is 2.07 bits per heavy atom. The number of sulfonamides is 1. The molecule has 0 aliphatic carbocycles. The Balaban J connectivity index is 1.44. The minimum atomic E-state index is -3.29. The minimum Gasteiger partial charge on any atom is -0.486 e. The zero-order valence-corrected chi connectivity index (χ0v) is 17.0. The zero-order valence-electron chi connectivity index (χ0n) is 15.4. The lowest BCUT2D eigenvalue weighted by Gasteiger charge is -2.29. The molecule has 1 fully saturated rings. The molecule has 1 unspecified atom stereocenters. The van der Waals surface area contributed by atoms with Crippen LogP contribution < -0.4 is 14.8 Å². The van der Waals surface area contributed by atoms with Gasteiger partial charge in [0.05, 0.1) is 17.9 Å². The Kier molecular flexibility index (Phi) is 5.26. The van der Waals surface area contributed by atoms with Crippen LogP contribution in [0.2, 0.25) is 0 Å². The second-order valence-corrected chi connectivity index (χ2v) is 9.69. The summed E-state index contributed by atoms with van der Waals surface area (Å²) in [5.74, 6) is 0.832. The number of nitrogens with zero attached hydrogens (tertiary/aromatic N) is 2. The van der Waals surface area contributed by atoms with Crippen molar-refractivity contribution in [2.24, 2.45) is 5.92 Å². The van der Waals surface area contributed by atoms with E-state index >= 15 is 0 Å². The molecule has 1 aromatic heterocycles. The number of benzene rings is 1. The van der Waals surface area contributed by atoms with Gasteiger partial charge < -0.3 is 14.8 Å². The van der Waals surface area contributed by atoms with Crippen LogP contribution in [0.15, 0.2) is 23.6 Å². The summed E-state index contributed by atoms with van der Waals surface area (Å²) in [5, 5.41) is 5.18. The first-order valence-corrected chi connectivity index (χ1v) is 11.7. The SMILES string of the molecule is CS(=O)(=O)N1CCCC(C(=O)Nc2nc(-c3ccc4c(c3)OCCO4)cs2)C1. The number of carbonyl (C=O) groups is 1. The summed E-state index contributed by atoms with van der Waals surface area (Å²) < 4.78 is 36.0. The van der Waals surface area contributed by atoms with Crippen LogP contribution in [-0.4, -0.2) is 56.2 Å². The predicted molar refractivity (Wildman–Crippen MR) is 106 cm³/mol. The molecule has 150 valence electrons. The van der Waals surface area contributed by atoms with Crippen molar-refractivity contribution in [1.82, 2.24) is 9.29 Å². The quantitative estimate of drug-likeness (QED) is 0.810. The Morgan fingerprint density at radius 1 is 1.29 bits per heavy atom. The van der Waals surface area contributed by atoms with E-state index in [1.54, 1.807) is 0 Å². The van der Waals surface area contributed by atoms with E-state index in [9.17, 15) is 13.2 Å². The Morgan fingerprint density at radius 3 is 2.86 bits per heavy atom. The van der Waals surface area contributed by atoms with Gasteiger partial charge in [-0.2, -0.15) is 0 Å². The van der Waals surface area contributed by atoms with E-state index in [4.69, 9.17) is 9.47 Å².